The fourth-order valence-corrected chi connectivity index (χ4v) is 3.01. The Morgan fingerprint density at radius 1 is 1.15 bits per heavy atom. The number of methoxy groups -OCH3 is 1. The lowest BCUT2D eigenvalue weighted by Crippen LogP contribution is -2.34. The maximum atomic E-state index is 12.7. The average Bonchev–Trinajstić information content (AvgIpc) is 3.10. The number of rotatable bonds is 6. The van der Waals surface area contributed by atoms with Gasteiger partial charge in [-0.25, -0.2) is 4.79 Å². The number of hydrogen-bond acceptors (Lipinski definition) is 4. The quantitative estimate of drug-likeness (QED) is 0.579. The first kappa shape index (κ1) is 19.0. The summed E-state index contributed by atoms with van der Waals surface area (Å²) in [5, 5.41) is 3.61. The van der Waals surface area contributed by atoms with Gasteiger partial charge < -0.3 is 19.8 Å². The third-order valence-electron chi connectivity index (χ3n) is 4.07. The predicted octanol–water partition coefficient (Wildman–Crippen LogP) is 3.97. The predicted molar refractivity (Wildman–Crippen MR) is 106 cm³/mol. The first-order chi connectivity index (χ1) is 13.0. The highest BCUT2D eigenvalue weighted by atomic mass is 79.9. The number of fused-ring (bicyclic) bond motifs is 1. The van der Waals surface area contributed by atoms with Gasteiger partial charge in [0.05, 0.1) is 13.7 Å². The third-order valence-corrected chi connectivity index (χ3v) is 4.59. The molecule has 1 atom stereocenters. The van der Waals surface area contributed by atoms with Gasteiger partial charge in [-0.3, -0.25) is 4.79 Å². The molecule has 27 heavy (non-hydrogen) atoms. The summed E-state index contributed by atoms with van der Waals surface area (Å²) in [7, 11) is 1.29. The summed E-state index contributed by atoms with van der Waals surface area (Å²) in [5.41, 5.74) is 1.77. The van der Waals surface area contributed by atoms with Gasteiger partial charge in [0.25, 0.3) is 5.91 Å². The lowest BCUT2D eigenvalue weighted by molar-refractivity contribution is -0.143. The van der Waals surface area contributed by atoms with Crippen LogP contribution in [0.1, 0.15) is 29.0 Å². The van der Waals surface area contributed by atoms with Crippen molar-refractivity contribution in [1.82, 2.24) is 10.3 Å². The monoisotopic (exact) mass is 430 g/mol. The zero-order valence-electron chi connectivity index (χ0n) is 14.9. The normalized spacial score (nSPS) is 11.8. The molecule has 3 rings (SSSR count). The fraction of sp³-hybridized carbons (Fsp3) is 0.200. The van der Waals surface area contributed by atoms with Crippen molar-refractivity contribution in [1.29, 1.82) is 0 Å². The number of carbonyl (C=O) groups is 2. The molecule has 1 unspecified atom stereocenters. The third kappa shape index (κ3) is 4.31. The van der Waals surface area contributed by atoms with Crippen molar-refractivity contribution < 1.29 is 19.1 Å². The van der Waals surface area contributed by atoms with Crippen LogP contribution in [0.25, 0.3) is 10.9 Å². The summed E-state index contributed by atoms with van der Waals surface area (Å²) in [4.78, 5) is 27.9. The summed E-state index contributed by atoms with van der Waals surface area (Å²) in [6.45, 7) is 2.47. The van der Waals surface area contributed by atoms with E-state index in [1.807, 2.05) is 25.1 Å². The number of amides is 1. The second kappa shape index (κ2) is 8.26. The number of hydrogen-bond donors (Lipinski definition) is 2. The SMILES string of the molecule is CCOc1ccc2cc(C(=O)NC(C(=O)OC)c3ccc(Br)cc3)[nH]c2c1. The number of H-pyrrole nitrogens is 1. The standard InChI is InChI=1S/C20H19BrN2O4/c1-3-27-15-9-6-13-10-17(22-16(13)11-15)19(24)23-18(20(25)26-2)12-4-7-14(21)8-5-12/h4-11,18,22H,3H2,1-2H3,(H,23,24). The maximum Gasteiger partial charge on any atom is 0.333 e. The van der Waals surface area contributed by atoms with Gasteiger partial charge in [-0.2, -0.15) is 0 Å². The van der Waals surface area contributed by atoms with Crippen LogP contribution in [0.3, 0.4) is 0 Å². The number of esters is 1. The Morgan fingerprint density at radius 3 is 2.56 bits per heavy atom. The highest BCUT2D eigenvalue weighted by Gasteiger charge is 2.24. The molecule has 0 spiro atoms. The van der Waals surface area contributed by atoms with E-state index in [-0.39, 0.29) is 0 Å². The van der Waals surface area contributed by atoms with Crippen LogP contribution in [-0.2, 0) is 9.53 Å². The zero-order valence-corrected chi connectivity index (χ0v) is 16.5. The molecular formula is C20H19BrN2O4. The van der Waals surface area contributed by atoms with Crippen LogP contribution < -0.4 is 10.1 Å². The molecule has 3 aromatic rings. The van der Waals surface area contributed by atoms with Gasteiger partial charge in [-0.1, -0.05) is 28.1 Å². The summed E-state index contributed by atoms with van der Waals surface area (Å²) < 4.78 is 11.2. The number of benzene rings is 2. The lowest BCUT2D eigenvalue weighted by Gasteiger charge is -2.16. The minimum absolute atomic E-state index is 0.352. The van der Waals surface area contributed by atoms with E-state index in [2.05, 4.69) is 26.2 Å². The fourth-order valence-electron chi connectivity index (χ4n) is 2.75. The van der Waals surface area contributed by atoms with Gasteiger partial charge in [-0.05, 0) is 42.8 Å². The van der Waals surface area contributed by atoms with Crippen LogP contribution in [0.5, 0.6) is 5.75 Å². The molecule has 1 amide bonds. The Kier molecular flexibility index (Phi) is 5.81. The second-order valence-corrected chi connectivity index (χ2v) is 6.76. The number of ether oxygens (including phenoxy) is 2. The van der Waals surface area contributed by atoms with Crippen molar-refractivity contribution in [2.75, 3.05) is 13.7 Å². The molecule has 6 nitrogen and oxygen atoms in total. The van der Waals surface area contributed by atoms with Gasteiger partial charge in [0, 0.05) is 21.4 Å². The molecular weight excluding hydrogens is 412 g/mol. The van der Waals surface area contributed by atoms with E-state index >= 15 is 0 Å². The average molecular weight is 431 g/mol. The highest BCUT2D eigenvalue weighted by Crippen LogP contribution is 2.23. The molecule has 0 aliphatic heterocycles. The van der Waals surface area contributed by atoms with Gasteiger partial charge in [0.2, 0.25) is 0 Å². The van der Waals surface area contributed by atoms with E-state index in [4.69, 9.17) is 9.47 Å². The van der Waals surface area contributed by atoms with Gasteiger partial charge in [0.15, 0.2) is 6.04 Å². The molecule has 1 heterocycles. The maximum absolute atomic E-state index is 12.7. The minimum Gasteiger partial charge on any atom is -0.494 e. The van der Waals surface area contributed by atoms with Crippen LogP contribution in [0.15, 0.2) is 53.0 Å². The summed E-state index contributed by atoms with van der Waals surface area (Å²) in [6.07, 6.45) is 0. The van der Waals surface area contributed by atoms with Crippen LogP contribution in [0.2, 0.25) is 0 Å². The summed E-state index contributed by atoms with van der Waals surface area (Å²) in [5.74, 6) is -0.219. The number of aromatic nitrogens is 1. The highest BCUT2D eigenvalue weighted by molar-refractivity contribution is 9.10. The molecule has 0 radical (unpaired) electrons. The van der Waals surface area contributed by atoms with E-state index < -0.39 is 17.9 Å². The Bertz CT molecular complexity index is 966. The van der Waals surface area contributed by atoms with Gasteiger partial charge in [0.1, 0.15) is 11.4 Å². The Hall–Kier alpha value is -2.80. The molecule has 0 saturated heterocycles. The Labute approximate surface area is 165 Å². The van der Waals surface area contributed by atoms with Crippen molar-refractivity contribution in [3.63, 3.8) is 0 Å². The second-order valence-electron chi connectivity index (χ2n) is 5.85. The molecule has 0 aliphatic carbocycles. The van der Waals surface area contributed by atoms with Crippen molar-refractivity contribution in [3.8, 4) is 5.75 Å². The molecule has 7 heteroatoms. The van der Waals surface area contributed by atoms with Crippen LogP contribution in [0, 0.1) is 0 Å². The van der Waals surface area contributed by atoms with Crippen LogP contribution >= 0.6 is 15.9 Å². The molecule has 2 aromatic carbocycles. The lowest BCUT2D eigenvalue weighted by atomic mass is 10.1. The summed E-state index contributed by atoms with van der Waals surface area (Å²) >= 11 is 3.35. The first-order valence-corrected chi connectivity index (χ1v) is 9.21. The number of carbonyl (C=O) groups excluding carboxylic acids is 2. The molecule has 1 aromatic heterocycles. The van der Waals surface area contributed by atoms with E-state index in [9.17, 15) is 9.59 Å². The topological polar surface area (TPSA) is 80.4 Å². The first-order valence-electron chi connectivity index (χ1n) is 8.41. The van der Waals surface area contributed by atoms with Crippen molar-refractivity contribution in [2.24, 2.45) is 0 Å². The smallest absolute Gasteiger partial charge is 0.333 e. The van der Waals surface area contributed by atoms with Crippen molar-refractivity contribution in [3.05, 3.63) is 64.3 Å². The van der Waals surface area contributed by atoms with Crippen molar-refractivity contribution in [2.45, 2.75) is 13.0 Å². The molecule has 0 fully saturated rings. The zero-order chi connectivity index (χ0) is 19.4. The summed E-state index contributed by atoms with van der Waals surface area (Å²) in [6, 6.07) is 13.5. The minimum atomic E-state index is -0.902. The van der Waals surface area contributed by atoms with Gasteiger partial charge in [-0.15, -0.1) is 0 Å². The number of halogens is 1. The van der Waals surface area contributed by atoms with E-state index in [0.717, 1.165) is 21.1 Å². The number of aromatic amines is 1. The largest absolute Gasteiger partial charge is 0.494 e. The van der Waals surface area contributed by atoms with E-state index in [0.29, 0.717) is 17.9 Å². The van der Waals surface area contributed by atoms with Gasteiger partial charge >= 0.3 is 5.97 Å². The van der Waals surface area contributed by atoms with E-state index in [1.54, 1.807) is 30.3 Å². The molecule has 0 bridgehead atoms. The molecule has 0 aliphatic rings. The molecule has 2 N–H and O–H groups in total. The number of nitrogens with one attached hydrogen (secondary N) is 2. The Morgan fingerprint density at radius 2 is 1.89 bits per heavy atom. The Balaban J connectivity index is 1.85. The van der Waals surface area contributed by atoms with Crippen molar-refractivity contribution >= 4 is 38.7 Å². The van der Waals surface area contributed by atoms with Crippen LogP contribution in [0.4, 0.5) is 0 Å². The molecule has 0 saturated carbocycles. The van der Waals surface area contributed by atoms with Crippen LogP contribution in [-0.4, -0.2) is 30.6 Å². The molecule has 140 valence electrons. The van der Waals surface area contributed by atoms with E-state index in [1.165, 1.54) is 7.11 Å².